The second-order valence-electron chi connectivity index (χ2n) is 6.30. The maximum absolute atomic E-state index is 12.7. The Labute approximate surface area is 157 Å². The average molecular weight is 373 g/mol. The number of anilines is 1. The molecule has 2 aromatic rings. The van der Waals surface area contributed by atoms with Crippen LogP contribution in [0.4, 0.5) is 5.69 Å². The molecule has 1 unspecified atom stereocenters. The molecule has 0 aliphatic carbocycles. The SMILES string of the molecule is CC(CN1CCOCC1)NC(=O)c1ccccc1NC(=O)c1ccsc1. The molecule has 2 heterocycles. The number of morpholine rings is 1. The summed E-state index contributed by atoms with van der Waals surface area (Å²) in [5.74, 6) is -0.403. The summed E-state index contributed by atoms with van der Waals surface area (Å²) in [5, 5.41) is 9.48. The molecule has 2 N–H and O–H groups in total. The largest absolute Gasteiger partial charge is 0.379 e. The summed E-state index contributed by atoms with van der Waals surface area (Å²) in [7, 11) is 0. The molecular formula is C19H23N3O3S. The molecule has 1 aromatic carbocycles. The summed E-state index contributed by atoms with van der Waals surface area (Å²) in [6.07, 6.45) is 0. The lowest BCUT2D eigenvalue weighted by Gasteiger charge is -2.29. The second kappa shape index (κ2) is 8.93. The van der Waals surface area contributed by atoms with Gasteiger partial charge >= 0.3 is 0 Å². The monoisotopic (exact) mass is 373 g/mol. The third kappa shape index (κ3) is 4.91. The normalized spacial score (nSPS) is 16.0. The minimum Gasteiger partial charge on any atom is -0.379 e. The molecule has 26 heavy (non-hydrogen) atoms. The predicted molar refractivity (Wildman–Crippen MR) is 103 cm³/mol. The lowest BCUT2D eigenvalue weighted by atomic mass is 10.1. The Kier molecular flexibility index (Phi) is 6.38. The van der Waals surface area contributed by atoms with Gasteiger partial charge in [0.05, 0.1) is 30.0 Å². The fourth-order valence-corrected chi connectivity index (χ4v) is 3.53. The van der Waals surface area contributed by atoms with E-state index >= 15 is 0 Å². The molecule has 1 saturated heterocycles. The second-order valence-corrected chi connectivity index (χ2v) is 7.08. The van der Waals surface area contributed by atoms with Crippen molar-refractivity contribution >= 4 is 28.8 Å². The molecule has 6 nitrogen and oxygen atoms in total. The number of thiophene rings is 1. The van der Waals surface area contributed by atoms with Crippen molar-refractivity contribution in [3.63, 3.8) is 0 Å². The van der Waals surface area contributed by atoms with E-state index in [9.17, 15) is 9.59 Å². The van der Waals surface area contributed by atoms with Crippen molar-refractivity contribution in [2.24, 2.45) is 0 Å². The van der Waals surface area contributed by atoms with Crippen molar-refractivity contribution in [1.82, 2.24) is 10.2 Å². The zero-order valence-electron chi connectivity index (χ0n) is 14.7. The minimum absolute atomic E-state index is 0.00114. The summed E-state index contributed by atoms with van der Waals surface area (Å²) >= 11 is 1.46. The summed E-state index contributed by atoms with van der Waals surface area (Å²) in [4.78, 5) is 27.2. The Bertz CT molecular complexity index is 742. The van der Waals surface area contributed by atoms with E-state index < -0.39 is 0 Å². The van der Waals surface area contributed by atoms with Crippen LogP contribution in [-0.2, 0) is 4.74 Å². The molecule has 1 fully saturated rings. The number of amides is 2. The molecule has 1 aliphatic rings. The van der Waals surface area contributed by atoms with E-state index in [4.69, 9.17) is 4.74 Å². The van der Waals surface area contributed by atoms with E-state index in [0.29, 0.717) is 16.8 Å². The van der Waals surface area contributed by atoms with Gasteiger partial charge in [0.2, 0.25) is 0 Å². The van der Waals surface area contributed by atoms with Gasteiger partial charge in [-0.1, -0.05) is 12.1 Å². The van der Waals surface area contributed by atoms with E-state index in [2.05, 4.69) is 15.5 Å². The Morgan fingerprint density at radius 3 is 2.69 bits per heavy atom. The van der Waals surface area contributed by atoms with Crippen LogP contribution in [0.15, 0.2) is 41.1 Å². The van der Waals surface area contributed by atoms with Crippen LogP contribution in [0.25, 0.3) is 0 Å². The van der Waals surface area contributed by atoms with Crippen molar-refractivity contribution in [2.45, 2.75) is 13.0 Å². The highest BCUT2D eigenvalue weighted by Gasteiger charge is 2.18. The Morgan fingerprint density at radius 1 is 1.19 bits per heavy atom. The van der Waals surface area contributed by atoms with Crippen LogP contribution in [0.5, 0.6) is 0 Å². The zero-order valence-corrected chi connectivity index (χ0v) is 15.6. The molecule has 1 atom stereocenters. The van der Waals surface area contributed by atoms with Crippen molar-refractivity contribution in [3.8, 4) is 0 Å². The van der Waals surface area contributed by atoms with Gasteiger partial charge in [0, 0.05) is 31.1 Å². The Morgan fingerprint density at radius 2 is 1.96 bits per heavy atom. The lowest BCUT2D eigenvalue weighted by Crippen LogP contribution is -2.46. The predicted octanol–water partition coefficient (Wildman–Crippen LogP) is 2.45. The molecule has 138 valence electrons. The van der Waals surface area contributed by atoms with E-state index in [1.807, 2.05) is 12.3 Å². The van der Waals surface area contributed by atoms with Crippen LogP contribution in [0.2, 0.25) is 0 Å². The molecule has 1 aromatic heterocycles. The Balaban J connectivity index is 1.62. The summed E-state index contributed by atoms with van der Waals surface area (Å²) < 4.78 is 5.35. The van der Waals surface area contributed by atoms with Crippen molar-refractivity contribution < 1.29 is 14.3 Å². The topological polar surface area (TPSA) is 70.7 Å². The molecule has 0 radical (unpaired) electrons. The number of para-hydroxylation sites is 1. The number of benzene rings is 1. The third-order valence-corrected chi connectivity index (χ3v) is 4.90. The van der Waals surface area contributed by atoms with Gasteiger partial charge in [-0.2, -0.15) is 11.3 Å². The fraction of sp³-hybridized carbons (Fsp3) is 0.368. The van der Waals surface area contributed by atoms with Crippen LogP contribution >= 0.6 is 11.3 Å². The van der Waals surface area contributed by atoms with Gasteiger partial charge in [-0.25, -0.2) is 0 Å². The quantitative estimate of drug-likeness (QED) is 0.816. The molecular weight excluding hydrogens is 350 g/mol. The Hall–Kier alpha value is -2.22. The lowest BCUT2D eigenvalue weighted by molar-refractivity contribution is 0.0342. The number of hydrogen-bond donors (Lipinski definition) is 2. The van der Waals surface area contributed by atoms with Crippen molar-refractivity contribution in [2.75, 3.05) is 38.2 Å². The number of ether oxygens (including phenoxy) is 1. The van der Waals surface area contributed by atoms with Gasteiger partial charge in [0.15, 0.2) is 0 Å². The maximum Gasteiger partial charge on any atom is 0.256 e. The van der Waals surface area contributed by atoms with E-state index in [1.54, 1.807) is 35.7 Å². The van der Waals surface area contributed by atoms with Gasteiger partial charge < -0.3 is 15.4 Å². The highest BCUT2D eigenvalue weighted by Crippen LogP contribution is 2.17. The van der Waals surface area contributed by atoms with Crippen LogP contribution in [0.1, 0.15) is 27.6 Å². The smallest absolute Gasteiger partial charge is 0.256 e. The fourth-order valence-electron chi connectivity index (χ4n) is 2.90. The zero-order chi connectivity index (χ0) is 18.4. The average Bonchev–Trinajstić information content (AvgIpc) is 3.17. The molecule has 3 rings (SSSR count). The van der Waals surface area contributed by atoms with Crippen LogP contribution in [-0.4, -0.2) is 55.6 Å². The van der Waals surface area contributed by atoms with Gasteiger partial charge in [-0.05, 0) is 30.5 Å². The number of carbonyl (C=O) groups is 2. The van der Waals surface area contributed by atoms with Gasteiger partial charge in [-0.15, -0.1) is 0 Å². The van der Waals surface area contributed by atoms with Crippen molar-refractivity contribution in [3.05, 3.63) is 52.2 Å². The van der Waals surface area contributed by atoms with Gasteiger partial charge in [-0.3, -0.25) is 14.5 Å². The molecule has 0 saturated carbocycles. The van der Waals surface area contributed by atoms with E-state index in [0.717, 1.165) is 32.8 Å². The van der Waals surface area contributed by atoms with Crippen LogP contribution in [0, 0.1) is 0 Å². The summed E-state index contributed by atoms with van der Waals surface area (Å²) in [6.45, 7) is 6.00. The first kappa shape index (κ1) is 18.6. The molecule has 0 bridgehead atoms. The third-order valence-electron chi connectivity index (χ3n) is 4.22. The number of nitrogens with one attached hydrogen (secondary N) is 2. The molecule has 0 spiro atoms. The van der Waals surface area contributed by atoms with Crippen LogP contribution < -0.4 is 10.6 Å². The van der Waals surface area contributed by atoms with Crippen LogP contribution in [0.3, 0.4) is 0 Å². The molecule has 1 aliphatic heterocycles. The number of nitrogens with zero attached hydrogens (tertiary/aromatic N) is 1. The first-order chi connectivity index (χ1) is 12.6. The summed E-state index contributed by atoms with van der Waals surface area (Å²) in [5.41, 5.74) is 1.57. The molecule has 2 amide bonds. The van der Waals surface area contributed by atoms with Gasteiger partial charge in [0.25, 0.3) is 11.8 Å². The van der Waals surface area contributed by atoms with Gasteiger partial charge in [0.1, 0.15) is 0 Å². The highest BCUT2D eigenvalue weighted by molar-refractivity contribution is 7.08. The van der Waals surface area contributed by atoms with Crippen molar-refractivity contribution in [1.29, 1.82) is 0 Å². The first-order valence-corrected chi connectivity index (χ1v) is 9.61. The minimum atomic E-state index is -0.215. The number of rotatable bonds is 6. The van der Waals surface area contributed by atoms with E-state index in [-0.39, 0.29) is 17.9 Å². The highest BCUT2D eigenvalue weighted by atomic mass is 32.1. The summed E-state index contributed by atoms with van der Waals surface area (Å²) in [6, 6.07) is 8.82. The number of hydrogen-bond acceptors (Lipinski definition) is 5. The number of carbonyl (C=O) groups excluding carboxylic acids is 2. The maximum atomic E-state index is 12.7. The standard InChI is InChI=1S/C19H23N3O3S/c1-14(12-22-7-9-25-10-8-22)20-19(24)16-4-2-3-5-17(16)21-18(23)15-6-11-26-13-15/h2-6,11,13-14H,7-10,12H2,1H3,(H,20,24)(H,21,23). The first-order valence-electron chi connectivity index (χ1n) is 8.67. The van der Waals surface area contributed by atoms with E-state index in [1.165, 1.54) is 11.3 Å². The molecule has 7 heteroatoms.